The number of hydrogen-bond acceptors (Lipinski definition) is 7. The lowest BCUT2D eigenvalue weighted by molar-refractivity contribution is 0.908. The summed E-state index contributed by atoms with van der Waals surface area (Å²) in [7, 11) is 0. The number of nitrogens with zero attached hydrogens (tertiary/aromatic N) is 6. The Kier molecular flexibility index (Phi) is 8.65. The fraction of sp³-hybridized carbons (Fsp3) is 0.0408. The van der Waals surface area contributed by atoms with Crippen molar-refractivity contribution >= 4 is 38.3 Å². The van der Waals surface area contributed by atoms with Crippen LogP contribution < -0.4 is 5.73 Å². The molecule has 57 heavy (non-hydrogen) atoms. The van der Waals surface area contributed by atoms with Gasteiger partial charge in [0, 0.05) is 40.0 Å². The molecule has 10 aromatic rings. The van der Waals surface area contributed by atoms with Gasteiger partial charge in [-0.05, 0) is 76.9 Å². The number of aryl methyl sites for hydroxylation is 1. The molecule has 3 aromatic heterocycles. The quantitative estimate of drug-likeness (QED) is 0.155. The van der Waals surface area contributed by atoms with Gasteiger partial charge in [-0.15, -0.1) is 11.3 Å². The number of nitrogens with two attached hydrogens (primary N) is 1. The van der Waals surface area contributed by atoms with Crippen LogP contribution in [0.3, 0.4) is 0 Å². The molecule has 7 aromatic carbocycles. The van der Waals surface area contributed by atoms with Gasteiger partial charge >= 0.3 is 0 Å². The fourth-order valence-corrected chi connectivity index (χ4v) is 8.36. The molecule has 8 heteroatoms. The lowest BCUT2D eigenvalue weighted by Crippen LogP contribution is -2.01. The molecule has 0 aliphatic carbocycles. The van der Waals surface area contributed by atoms with Gasteiger partial charge in [-0.25, -0.2) is 24.9 Å². The Balaban J connectivity index is 1.03. The maximum absolute atomic E-state index is 6.24. The van der Waals surface area contributed by atoms with E-state index in [0.717, 1.165) is 88.7 Å². The molecule has 0 atom stereocenters. The van der Waals surface area contributed by atoms with Crippen LogP contribution in [-0.4, -0.2) is 29.5 Å². The molecule has 0 bridgehead atoms. The van der Waals surface area contributed by atoms with E-state index < -0.39 is 0 Å². The van der Waals surface area contributed by atoms with Crippen molar-refractivity contribution in [1.29, 1.82) is 0 Å². The topological polar surface area (TPSA) is 95.4 Å². The van der Waals surface area contributed by atoms with Crippen LogP contribution in [0.2, 0.25) is 0 Å². The second-order valence-electron chi connectivity index (χ2n) is 13.9. The van der Waals surface area contributed by atoms with Crippen molar-refractivity contribution < 1.29 is 0 Å². The molecule has 0 fully saturated rings. The molecule has 0 spiro atoms. The normalized spacial score (nSPS) is 11.4. The van der Waals surface area contributed by atoms with Crippen LogP contribution in [0.4, 0.5) is 5.69 Å². The first-order chi connectivity index (χ1) is 28.1. The minimum absolute atomic E-state index is 0.554. The van der Waals surface area contributed by atoms with E-state index >= 15 is 0 Å². The highest BCUT2D eigenvalue weighted by molar-refractivity contribution is 7.21. The summed E-state index contributed by atoms with van der Waals surface area (Å²) in [5.74, 6) is 2.76. The predicted molar refractivity (Wildman–Crippen MR) is 234 cm³/mol. The van der Waals surface area contributed by atoms with Crippen molar-refractivity contribution in [2.24, 2.45) is 0 Å². The molecule has 0 saturated heterocycles. The molecule has 3 heterocycles. The van der Waals surface area contributed by atoms with Crippen LogP contribution in [0.1, 0.15) is 12.7 Å². The maximum Gasteiger partial charge on any atom is 0.164 e. The molecule has 0 amide bonds. The number of anilines is 1. The van der Waals surface area contributed by atoms with Crippen LogP contribution >= 0.6 is 11.3 Å². The standard InChI is InChI=1S/C49H35N7S/c1-2-45-51-41-17-5-7-19-43(41)56(45)38-27-25-31(26-28-38)34-11-9-12-35(29-34)39-15-3-4-16-40(39)48-54-46(53-47(55-48)36-13-10-14-37(50)30-36)32-21-23-33(24-22-32)49-52-42-18-6-8-20-44(42)57-49/h3-30H,2,50H2,1H3. The molecule has 0 aliphatic rings. The van der Waals surface area contributed by atoms with E-state index in [1.54, 1.807) is 11.3 Å². The minimum atomic E-state index is 0.554. The van der Waals surface area contributed by atoms with Crippen molar-refractivity contribution in [3.8, 4) is 72.7 Å². The first-order valence-corrected chi connectivity index (χ1v) is 19.7. The van der Waals surface area contributed by atoms with Crippen molar-refractivity contribution in [2.45, 2.75) is 13.3 Å². The molecule has 0 saturated carbocycles. The fourth-order valence-electron chi connectivity index (χ4n) is 7.39. The van der Waals surface area contributed by atoms with Gasteiger partial charge < -0.3 is 5.73 Å². The zero-order valence-corrected chi connectivity index (χ0v) is 31.9. The Hall–Kier alpha value is -7.29. The third-order valence-corrected chi connectivity index (χ3v) is 11.3. The van der Waals surface area contributed by atoms with Gasteiger partial charge in [0.15, 0.2) is 17.5 Å². The first-order valence-electron chi connectivity index (χ1n) is 18.9. The van der Waals surface area contributed by atoms with Crippen molar-refractivity contribution in [1.82, 2.24) is 29.5 Å². The largest absolute Gasteiger partial charge is 0.399 e. The second kappa shape index (κ2) is 14.4. The highest BCUT2D eigenvalue weighted by Gasteiger charge is 2.17. The second-order valence-corrected chi connectivity index (χ2v) is 14.9. The predicted octanol–water partition coefficient (Wildman–Crippen LogP) is 12.0. The monoisotopic (exact) mass is 753 g/mol. The van der Waals surface area contributed by atoms with Gasteiger partial charge in [0.25, 0.3) is 0 Å². The summed E-state index contributed by atoms with van der Waals surface area (Å²) in [6, 6.07) is 58.2. The zero-order chi connectivity index (χ0) is 38.3. The minimum Gasteiger partial charge on any atom is -0.399 e. The van der Waals surface area contributed by atoms with Crippen LogP contribution in [0.25, 0.3) is 93.9 Å². The number of rotatable bonds is 8. The van der Waals surface area contributed by atoms with Crippen molar-refractivity contribution in [2.75, 3.05) is 5.73 Å². The Morgan fingerprint density at radius 1 is 0.474 bits per heavy atom. The zero-order valence-electron chi connectivity index (χ0n) is 31.0. The molecule has 0 unspecified atom stereocenters. The van der Waals surface area contributed by atoms with Crippen LogP contribution in [-0.2, 0) is 6.42 Å². The number of hydrogen-bond donors (Lipinski definition) is 1. The molecular formula is C49H35N7S. The Labute approximate surface area is 333 Å². The van der Waals surface area contributed by atoms with Crippen LogP contribution in [0, 0.1) is 0 Å². The van der Waals surface area contributed by atoms with Gasteiger partial charge in [0.2, 0.25) is 0 Å². The summed E-state index contributed by atoms with van der Waals surface area (Å²) < 4.78 is 3.42. The van der Waals surface area contributed by atoms with E-state index in [-0.39, 0.29) is 0 Å². The summed E-state index contributed by atoms with van der Waals surface area (Å²) in [6.07, 6.45) is 0.846. The summed E-state index contributed by atoms with van der Waals surface area (Å²) in [4.78, 5) is 24.9. The highest BCUT2D eigenvalue weighted by Crippen LogP contribution is 2.36. The van der Waals surface area contributed by atoms with E-state index in [4.69, 9.17) is 30.7 Å². The van der Waals surface area contributed by atoms with Gasteiger partial charge in [-0.1, -0.05) is 122 Å². The van der Waals surface area contributed by atoms with E-state index in [1.807, 2.05) is 54.6 Å². The van der Waals surface area contributed by atoms with Gasteiger partial charge in [0.05, 0.1) is 21.3 Å². The molecule has 10 rings (SSSR count). The van der Waals surface area contributed by atoms with Crippen molar-refractivity contribution in [3.63, 3.8) is 0 Å². The molecule has 272 valence electrons. The molecular weight excluding hydrogens is 719 g/mol. The average molecular weight is 754 g/mol. The maximum atomic E-state index is 6.24. The summed E-state index contributed by atoms with van der Waals surface area (Å²) in [6.45, 7) is 2.15. The van der Waals surface area contributed by atoms with Gasteiger partial charge in [-0.2, -0.15) is 0 Å². The average Bonchev–Trinajstić information content (AvgIpc) is 3.89. The lowest BCUT2D eigenvalue weighted by Gasteiger charge is -2.13. The molecule has 0 radical (unpaired) electrons. The lowest BCUT2D eigenvalue weighted by atomic mass is 9.95. The van der Waals surface area contributed by atoms with Gasteiger partial charge in [-0.3, -0.25) is 4.57 Å². The van der Waals surface area contributed by atoms with Crippen molar-refractivity contribution in [3.05, 3.63) is 176 Å². The third-order valence-electron chi connectivity index (χ3n) is 10.2. The summed E-state index contributed by atoms with van der Waals surface area (Å²) >= 11 is 1.69. The summed E-state index contributed by atoms with van der Waals surface area (Å²) in [5, 5.41) is 0.976. The summed E-state index contributed by atoms with van der Waals surface area (Å²) in [5.41, 5.74) is 19.1. The number of thiazole rings is 1. The van der Waals surface area contributed by atoms with E-state index in [1.165, 1.54) is 0 Å². The number of fused-ring (bicyclic) bond motifs is 2. The highest BCUT2D eigenvalue weighted by atomic mass is 32.1. The molecule has 2 N–H and O–H groups in total. The number of aromatic nitrogens is 6. The number of para-hydroxylation sites is 3. The molecule has 7 nitrogen and oxygen atoms in total. The SMILES string of the molecule is CCc1nc2ccccc2n1-c1ccc(-c2cccc(-c3ccccc3-c3nc(-c4ccc(-c5nc6ccccc6s5)cc4)nc(-c4cccc(N)c4)n3)c2)cc1. The first kappa shape index (κ1) is 34.2. The van der Waals surface area contributed by atoms with E-state index in [9.17, 15) is 0 Å². The van der Waals surface area contributed by atoms with E-state index in [0.29, 0.717) is 23.2 Å². The van der Waals surface area contributed by atoms with Crippen LogP contribution in [0.15, 0.2) is 170 Å². The number of benzene rings is 7. The number of imidazole rings is 1. The number of nitrogen functional groups attached to an aromatic ring is 1. The molecule has 0 aliphatic heterocycles. The van der Waals surface area contributed by atoms with Gasteiger partial charge in [0.1, 0.15) is 10.8 Å². The van der Waals surface area contributed by atoms with Crippen LogP contribution in [0.5, 0.6) is 0 Å². The third kappa shape index (κ3) is 6.52. The Bertz CT molecular complexity index is 3040. The smallest absolute Gasteiger partial charge is 0.164 e. The Morgan fingerprint density at radius 2 is 1.11 bits per heavy atom. The van der Waals surface area contributed by atoms with E-state index in [2.05, 4.69) is 127 Å². The Morgan fingerprint density at radius 3 is 1.89 bits per heavy atom.